The Morgan fingerprint density at radius 1 is 0.800 bits per heavy atom. The van der Waals surface area contributed by atoms with E-state index in [4.69, 9.17) is 0 Å². The number of hydrogen-bond donors (Lipinski definition) is 0. The molecular formula is C27H23N2S+. The van der Waals surface area contributed by atoms with E-state index in [-0.39, 0.29) is 0 Å². The van der Waals surface area contributed by atoms with Crippen LogP contribution in [0.1, 0.15) is 16.7 Å². The fourth-order valence-electron chi connectivity index (χ4n) is 4.78. The molecule has 30 heavy (non-hydrogen) atoms. The van der Waals surface area contributed by atoms with Crippen molar-refractivity contribution in [3.05, 3.63) is 83.6 Å². The molecule has 0 saturated carbocycles. The Hall–Kier alpha value is -3.17. The van der Waals surface area contributed by atoms with Gasteiger partial charge in [0.15, 0.2) is 0 Å². The van der Waals surface area contributed by atoms with Crippen molar-refractivity contribution in [2.24, 2.45) is 7.05 Å². The zero-order chi connectivity index (χ0) is 20.6. The van der Waals surface area contributed by atoms with Gasteiger partial charge in [0.05, 0.1) is 13.2 Å². The first-order valence-electron chi connectivity index (χ1n) is 10.4. The van der Waals surface area contributed by atoms with Crippen LogP contribution in [0.25, 0.3) is 47.8 Å². The highest BCUT2D eigenvalue weighted by atomic mass is 32.1. The number of fused-ring (bicyclic) bond motifs is 6. The first-order chi connectivity index (χ1) is 14.5. The van der Waals surface area contributed by atoms with Crippen molar-refractivity contribution in [1.82, 2.24) is 4.57 Å². The second-order valence-corrected chi connectivity index (χ2v) is 9.40. The SMILES string of the molecule is Cc1ccc2c(c1)c1ccc(C)c(C)c1n2-c1c2sc3ccccc3c2cc[n+]1C. The number of benzene rings is 3. The van der Waals surface area contributed by atoms with Crippen LogP contribution in [-0.4, -0.2) is 4.57 Å². The zero-order valence-electron chi connectivity index (χ0n) is 17.7. The van der Waals surface area contributed by atoms with E-state index in [2.05, 4.69) is 104 Å². The van der Waals surface area contributed by atoms with Gasteiger partial charge in [0.25, 0.3) is 0 Å². The van der Waals surface area contributed by atoms with E-state index in [0.29, 0.717) is 0 Å². The second-order valence-electron chi connectivity index (χ2n) is 8.35. The van der Waals surface area contributed by atoms with Gasteiger partial charge >= 0.3 is 5.82 Å². The molecule has 0 atom stereocenters. The first-order valence-corrected chi connectivity index (χ1v) is 11.2. The summed E-state index contributed by atoms with van der Waals surface area (Å²) in [7, 11) is 2.16. The number of hydrogen-bond acceptors (Lipinski definition) is 1. The predicted molar refractivity (Wildman–Crippen MR) is 129 cm³/mol. The topological polar surface area (TPSA) is 8.81 Å². The Labute approximate surface area is 179 Å². The monoisotopic (exact) mass is 407 g/mol. The minimum atomic E-state index is 1.24. The number of rotatable bonds is 1. The van der Waals surface area contributed by atoms with Crippen molar-refractivity contribution < 1.29 is 4.57 Å². The van der Waals surface area contributed by atoms with E-state index in [9.17, 15) is 0 Å². The van der Waals surface area contributed by atoms with Crippen LogP contribution in [0.15, 0.2) is 66.9 Å². The van der Waals surface area contributed by atoms with Gasteiger partial charge in [-0.2, -0.15) is 4.57 Å². The lowest BCUT2D eigenvalue weighted by Crippen LogP contribution is -2.33. The highest BCUT2D eigenvalue weighted by Gasteiger charge is 2.26. The highest BCUT2D eigenvalue weighted by molar-refractivity contribution is 7.26. The van der Waals surface area contributed by atoms with Crippen molar-refractivity contribution in [2.75, 3.05) is 0 Å². The van der Waals surface area contributed by atoms with Crippen LogP contribution < -0.4 is 4.57 Å². The molecule has 0 aliphatic carbocycles. The molecule has 0 radical (unpaired) electrons. The van der Waals surface area contributed by atoms with E-state index in [1.54, 1.807) is 0 Å². The highest BCUT2D eigenvalue weighted by Crippen LogP contribution is 2.40. The molecule has 0 saturated heterocycles. The summed E-state index contributed by atoms with van der Waals surface area (Å²) in [4.78, 5) is 0. The molecule has 2 nitrogen and oxygen atoms in total. The zero-order valence-corrected chi connectivity index (χ0v) is 18.5. The Kier molecular flexibility index (Phi) is 3.63. The third-order valence-corrected chi connectivity index (χ3v) is 7.64. The third-order valence-electron chi connectivity index (χ3n) is 6.46. The van der Waals surface area contributed by atoms with Crippen LogP contribution in [0.5, 0.6) is 0 Å². The summed E-state index contributed by atoms with van der Waals surface area (Å²) in [6.07, 6.45) is 2.20. The molecule has 146 valence electrons. The number of aryl methyl sites for hydroxylation is 4. The van der Waals surface area contributed by atoms with Crippen LogP contribution in [0.3, 0.4) is 0 Å². The van der Waals surface area contributed by atoms with E-state index < -0.39 is 0 Å². The smallest absolute Gasteiger partial charge is 0.235 e. The van der Waals surface area contributed by atoms with Crippen LogP contribution in [0, 0.1) is 20.8 Å². The van der Waals surface area contributed by atoms with Crippen LogP contribution >= 0.6 is 11.3 Å². The molecule has 3 aromatic heterocycles. The van der Waals surface area contributed by atoms with Gasteiger partial charge < -0.3 is 0 Å². The minimum absolute atomic E-state index is 1.24. The molecule has 3 heteroatoms. The number of aromatic nitrogens is 2. The molecule has 0 aliphatic heterocycles. The maximum absolute atomic E-state index is 2.49. The quantitative estimate of drug-likeness (QED) is 0.262. The summed E-state index contributed by atoms with van der Waals surface area (Å²) < 4.78 is 7.44. The largest absolute Gasteiger partial charge is 0.305 e. The number of thiophene rings is 1. The molecule has 0 N–H and O–H groups in total. The summed E-state index contributed by atoms with van der Waals surface area (Å²) >= 11 is 1.89. The van der Waals surface area contributed by atoms with Gasteiger partial charge in [-0.05, 0) is 62.2 Å². The molecule has 0 fully saturated rings. The van der Waals surface area contributed by atoms with Gasteiger partial charge in [0.2, 0.25) is 0 Å². The van der Waals surface area contributed by atoms with Crippen LogP contribution in [0.2, 0.25) is 0 Å². The lowest BCUT2D eigenvalue weighted by Gasteiger charge is -2.08. The van der Waals surface area contributed by atoms with Gasteiger partial charge in [0, 0.05) is 26.2 Å². The third kappa shape index (κ3) is 2.27. The van der Waals surface area contributed by atoms with Gasteiger partial charge in [-0.1, -0.05) is 35.9 Å². The number of pyridine rings is 1. The molecular weight excluding hydrogens is 384 g/mol. The molecule has 6 rings (SSSR count). The Morgan fingerprint density at radius 3 is 2.50 bits per heavy atom. The average molecular weight is 408 g/mol. The Balaban J connectivity index is 1.89. The number of nitrogens with zero attached hydrogens (tertiary/aromatic N) is 2. The fraction of sp³-hybridized carbons (Fsp3) is 0.148. The van der Waals surface area contributed by atoms with Crippen molar-refractivity contribution in [1.29, 1.82) is 0 Å². The van der Waals surface area contributed by atoms with Gasteiger partial charge in [-0.25, -0.2) is 4.57 Å². The first kappa shape index (κ1) is 17.7. The lowest BCUT2D eigenvalue weighted by molar-refractivity contribution is -0.664. The van der Waals surface area contributed by atoms with Crippen molar-refractivity contribution in [3.8, 4) is 5.82 Å². The molecule has 0 unspecified atom stereocenters. The maximum Gasteiger partial charge on any atom is 0.305 e. The molecule has 0 bridgehead atoms. The van der Waals surface area contributed by atoms with Crippen LogP contribution in [0.4, 0.5) is 0 Å². The molecule has 3 heterocycles. The summed E-state index contributed by atoms with van der Waals surface area (Å²) in [6.45, 7) is 6.64. The fourth-order valence-corrected chi connectivity index (χ4v) is 6.05. The predicted octanol–water partition coefficient (Wildman–Crippen LogP) is 6.90. The van der Waals surface area contributed by atoms with Crippen molar-refractivity contribution in [2.45, 2.75) is 20.8 Å². The molecule has 0 spiro atoms. The molecule has 0 aliphatic rings. The Morgan fingerprint density at radius 2 is 1.63 bits per heavy atom. The van der Waals surface area contributed by atoms with Gasteiger partial charge in [0.1, 0.15) is 15.7 Å². The summed E-state index contributed by atoms with van der Waals surface area (Å²) in [5.74, 6) is 1.24. The van der Waals surface area contributed by atoms with Gasteiger partial charge in [-0.3, -0.25) is 0 Å². The average Bonchev–Trinajstić information content (AvgIpc) is 3.26. The van der Waals surface area contributed by atoms with Gasteiger partial charge in [-0.15, -0.1) is 11.3 Å². The summed E-state index contributed by atoms with van der Waals surface area (Å²) in [6, 6.07) is 22.4. The summed E-state index contributed by atoms with van der Waals surface area (Å²) in [5, 5.41) is 5.32. The molecule has 6 aromatic rings. The lowest BCUT2D eigenvalue weighted by atomic mass is 10.0. The minimum Gasteiger partial charge on any atom is -0.235 e. The van der Waals surface area contributed by atoms with E-state index in [1.165, 1.54) is 64.5 Å². The summed E-state index contributed by atoms with van der Waals surface area (Å²) in [5.41, 5.74) is 6.55. The van der Waals surface area contributed by atoms with Crippen molar-refractivity contribution in [3.63, 3.8) is 0 Å². The van der Waals surface area contributed by atoms with E-state index >= 15 is 0 Å². The Bertz CT molecular complexity index is 1630. The molecule has 0 amide bonds. The maximum atomic E-state index is 2.49. The standard InChI is InChI=1S/C27H23N2S/c1-16-9-12-23-22(15-16)20-11-10-17(2)18(3)25(20)29(23)27-26-21(13-14-28(27)4)19-7-5-6-8-24(19)30-26/h5-15H,1-4H3/q+1. The van der Waals surface area contributed by atoms with E-state index in [1.807, 2.05) is 11.3 Å². The molecule has 3 aromatic carbocycles. The normalized spacial score (nSPS) is 12.0. The van der Waals surface area contributed by atoms with Crippen LogP contribution in [-0.2, 0) is 7.05 Å². The van der Waals surface area contributed by atoms with E-state index in [0.717, 1.165) is 0 Å². The second kappa shape index (κ2) is 6.16. The van der Waals surface area contributed by atoms with Crippen molar-refractivity contribution >= 4 is 53.3 Å².